The van der Waals surface area contributed by atoms with Crippen LogP contribution in [0.3, 0.4) is 0 Å². The second-order valence-electron chi connectivity index (χ2n) is 5.93. The van der Waals surface area contributed by atoms with Crippen molar-refractivity contribution in [2.75, 3.05) is 18.5 Å². The van der Waals surface area contributed by atoms with Gasteiger partial charge in [-0.15, -0.1) is 11.3 Å². The quantitative estimate of drug-likeness (QED) is 0.739. The molecule has 2 aromatic rings. The largest absolute Gasteiger partial charge is 0.478 e. The molecule has 2 amide bonds. The Labute approximate surface area is 149 Å². The standard InChI is InChI=1S/C18H20N2O4S/c21-10-9-20(11-12-5-2-1-3-6-12)18(24)19-16-15(17(22)23)13-7-4-8-14(13)25-16/h1-3,5-6,21H,4,7-11H2,(H,19,24)(H,22,23). The average molecular weight is 360 g/mol. The van der Waals surface area contributed by atoms with Crippen LogP contribution in [0.4, 0.5) is 9.80 Å². The van der Waals surface area contributed by atoms with Gasteiger partial charge in [0, 0.05) is 18.0 Å². The van der Waals surface area contributed by atoms with E-state index in [2.05, 4.69) is 5.32 Å². The lowest BCUT2D eigenvalue weighted by Crippen LogP contribution is -2.36. The number of aliphatic hydroxyl groups is 1. The fourth-order valence-corrected chi connectivity index (χ4v) is 4.34. The highest BCUT2D eigenvalue weighted by atomic mass is 32.1. The number of aryl methyl sites for hydroxylation is 1. The SMILES string of the molecule is O=C(O)c1c(NC(=O)N(CCO)Cc2ccccc2)sc2c1CCC2. The lowest BCUT2D eigenvalue weighted by molar-refractivity contribution is 0.0697. The molecule has 7 heteroatoms. The van der Waals surface area contributed by atoms with Crippen LogP contribution in [-0.4, -0.2) is 40.3 Å². The number of aromatic carboxylic acids is 1. The average Bonchev–Trinajstić information content (AvgIpc) is 3.15. The molecule has 3 N–H and O–H groups in total. The Balaban J connectivity index is 1.79. The Bertz CT molecular complexity index is 773. The van der Waals surface area contributed by atoms with Crippen LogP contribution < -0.4 is 5.32 Å². The number of nitrogens with zero attached hydrogens (tertiary/aromatic N) is 1. The number of carboxylic acid groups (broad SMARTS) is 1. The van der Waals surface area contributed by atoms with Crippen molar-refractivity contribution in [3.8, 4) is 0 Å². The number of hydrogen-bond donors (Lipinski definition) is 3. The van der Waals surface area contributed by atoms with Crippen LogP contribution in [0.25, 0.3) is 0 Å². The summed E-state index contributed by atoms with van der Waals surface area (Å²) in [6, 6.07) is 9.07. The van der Waals surface area contributed by atoms with Gasteiger partial charge in [-0.25, -0.2) is 9.59 Å². The van der Waals surface area contributed by atoms with E-state index in [1.165, 1.54) is 16.2 Å². The van der Waals surface area contributed by atoms with Crippen LogP contribution in [0.15, 0.2) is 30.3 Å². The Morgan fingerprint density at radius 1 is 1.20 bits per heavy atom. The molecule has 0 fully saturated rings. The van der Waals surface area contributed by atoms with Gasteiger partial charge < -0.3 is 15.1 Å². The number of amides is 2. The van der Waals surface area contributed by atoms with Gasteiger partial charge in [-0.05, 0) is 30.4 Å². The number of nitrogens with one attached hydrogen (secondary N) is 1. The van der Waals surface area contributed by atoms with Crippen molar-refractivity contribution in [2.45, 2.75) is 25.8 Å². The molecule has 0 spiro atoms. The highest BCUT2D eigenvalue weighted by Gasteiger charge is 2.28. The van der Waals surface area contributed by atoms with Gasteiger partial charge in [0.25, 0.3) is 0 Å². The second kappa shape index (κ2) is 7.67. The Kier molecular flexibility index (Phi) is 5.35. The Hall–Kier alpha value is -2.38. The van der Waals surface area contributed by atoms with E-state index >= 15 is 0 Å². The molecule has 25 heavy (non-hydrogen) atoms. The molecular formula is C18H20N2O4S. The third kappa shape index (κ3) is 3.83. The van der Waals surface area contributed by atoms with Crippen molar-refractivity contribution in [2.24, 2.45) is 0 Å². The minimum atomic E-state index is -1.01. The van der Waals surface area contributed by atoms with E-state index in [4.69, 9.17) is 0 Å². The lowest BCUT2D eigenvalue weighted by Gasteiger charge is -2.22. The minimum absolute atomic E-state index is 0.160. The number of carbonyl (C=O) groups is 2. The van der Waals surface area contributed by atoms with Gasteiger partial charge in [0.1, 0.15) is 5.00 Å². The minimum Gasteiger partial charge on any atom is -0.478 e. The molecule has 1 aromatic heterocycles. The first-order valence-electron chi connectivity index (χ1n) is 8.18. The molecule has 0 atom stereocenters. The smallest absolute Gasteiger partial charge is 0.339 e. The molecule has 0 saturated carbocycles. The van der Waals surface area contributed by atoms with E-state index in [0.717, 1.165) is 35.3 Å². The van der Waals surface area contributed by atoms with Gasteiger partial charge in [0.2, 0.25) is 0 Å². The van der Waals surface area contributed by atoms with Crippen LogP contribution >= 0.6 is 11.3 Å². The number of rotatable bonds is 6. The van der Waals surface area contributed by atoms with Crippen molar-refractivity contribution in [3.05, 3.63) is 51.9 Å². The number of benzene rings is 1. The number of hydrogen-bond acceptors (Lipinski definition) is 4. The van der Waals surface area contributed by atoms with Crippen LogP contribution in [0.2, 0.25) is 0 Å². The van der Waals surface area contributed by atoms with Crippen molar-refractivity contribution < 1.29 is 19.8 Å². The number of urea groups is 1. The molecule has 1 aromatic carbocycles. The predicted molar refractivity (Wildman–Crippen MR) is 96.3 cm³/mol. The fraction of sp³-hybridized carbons (Fsp3) is 0.333. The summed E-state index contributed by atoms with van der Waals surface area (Å²) in [6.45, 7) is 0.363. The van der Waals surface area contributed by atoms with E-state index in [9.17, 15) is 19.8 Å². The highest BCUT2D eigenvalue weighted by Crippen LogP contribution is 2.39. The molecule has 1 aliphatic carbocycles. The van der Waals surface area contributed by atoms with Crippen molar-refractivity contribution in [1.82, 2.24) is 4.90 Å². The molecule has 1 aliphatic rings. The Morgan fingerprint density at radius 3 is 2.64 bits per heavy atom. The molecule has 0 saturated heterocycles. The summed E-state index contributed by atoms with van der Waals surface area (Å²) in [6.07, 6.45) is 2.56. The van der Waals surface area contributed by atoms with Crippen LogP contribution in [0.5, 0.6) is 0 Å². The number of anilines is 1. The number of carbonyl (C=O) groups excluding carboxylic acids is 1. The predicted octanol–water partition coefficient (Wildman–Crippen LogP) is 2.96. The van der Waals surface area contributed by atoms with E-state index < -0.39 is 12.0 Å². The van der Waals surface area contributed by atoms with Crippen molar-refractivity contribution in [3.63, 3.8) is 0 Å². The topological polar surface area (TPSA) is 89.9 Å². The maximum Gasteiger partial charge on any atom is 0.339 e. The first-order chi connectivity index (χ1) is 12.1. The number of carboxylic acids is 1. The van der Waals surface area contributed by atoms with Crippen molar-refractivity contribution in [1.29, 1.82) is 0 Å². The number of fused-ring (bicyclic) bond motifs is 1. The molecule has 0 unspecified atom stereocenters. The van der Waals surface area contributed by atoms with E-state index in [0.29, 0.717) is 11.5 Å². The monoisotopic (exact) mass is 360 g/mol. The summed E-state index contributed by atoms with van der Waals surface area (Å²) in [4.78, 5) is 26.8. The first-order valence-corrected chi connectivity index (χ1v) is 9.00. The lowest BCUT2D eigenvalue weighted by atomic mass is 10.1. The summed E-state index contributed by atoms with van der Waals surface area (Å²) in [5, 5.41) is 21.9. The molecule has 0 bridgehead atoms. The van der Waals surface area contributed by atoms with Crippen LogP contribution in [-0.2, 0) is 19.4 Å². The van der Waals surface area contributed by atoms with Gasteiger partial charge in [0.15, 0.2) is 0 Å². The van der Waals surface area contributed by atoms with Crippen molar-refractivity contribution >= 4 is 28.3 Å². The maximum absolute atomic E-state index is 12.6. The molecule has 0 radical (unpaired) electrons. The number of aliphatic hydroxyl groups excluding tert-OH is 1. The van der Waals surface area contributed by atoms with Gasteiger partial charge in [0.05, 0.1) is 12.2 Å². The summed E-state index contributed by atoms with van der Waals surface area (Å²) in [7, 11) is 0. The van der Waals surface area contributed by atoms with Crippen LogP contribution in [0.1, 0.15) is 32.8 Å². The normalized spacial score (nSPS) is 12.7. The molecule has 0 aliphatic heterocycles. The summed E-state index contributed by atoms with van der Waals surface area (Å²) in [5.41, 5.74) is 2.01. The zero-order valence-corrected chi connectivity index (χ0v) is 14.5. The summed E-state index contributed by atoms with van der Waals surface area (Å²) in [5.74, 6) is -1.01. The van der Waals surface area contributed by atoms with E-state index in [1.807, 2.05) is 30.3 Å². The summed E-state index contributed by atoms with van der Waals surface area (Å²) >= 11 is 1.35. The molecule has 1 heterocycles. The molecule has 132 valence electrons. The fourth-order valence-electron chi connectivity index (χ4n) is 3.07. The third-order valence-electron chi connectivity index (χ3n) is 4.23. The van der Waals surface area contributed by atoms with Gasteiger partial charge in [-0.3, -0.25) is 5.32 Å². The van der Waals surface area contributed by atoms with Gasteiger partial charge in [-0.2, -0.15) is 0 Å². The van der Waals surface area contributed by atoms with Gasteiger partial charge in [-0.1, -0.05) is 30.3 Å². The van der Waals surface area contributed by atoms with E-state index in [-0.39, 0.29) is 18.7 Å². The summed E-state index contributed by atoms with van der Waals surface area (Å²) < 4.78 is 0. The zero-order valence-electron chi connectivity index (χ0n) is 13.7. The zero-order chi connectivity index (χ0) is 17.8. The molecular weight excluding hydrogens is 340 g/mol. The third-order valence-corrected chi connectivity index (χ3v) is 5.44. The Morgan fingerprint density at radius 2 is 1.96 bits per heavy atom. The maximum atomic E-state index is 12.6. The molecule has 3 rings (SSSR count). The first kappa shape index (κ1) is 17.4. The second-order valence-corrected chi connectivity index (χ2v) is 7.03. The highest BCUT2D eigenvalue weighted by molar-refractivity contribution is 7.17. The van der Waals surface area contributed by atoms with E-state index in [1.54, 1.807) is 0 Å². The number of thiophene rings is 1. The van der Waals surface area contributed by atoms with Gasteiger partial charge >= 0.3 is 12.0 Å². The molecule has 6 nitrogen and oxygen atoms in total. The van der Waals surface area contributed by atoms with Crippen LogP contribution in [0, 0.1) is 0 Å².